The molecule has 0 bridgehead atoms. The first-order valence-electron chi connectivity index (χ1n) is 9.21. The number of pyridine rings is 1. The van der Waals surface area contributed by atoms with Crippen LogP contribution in [0.2, 0.25) is 0 Å². The van der Waals surface area contributed by atoms with Crippen LogP contribution in [-0.2, 0) is 16.1 Å². The Hall–Kier alpha value is -2.05. The van der Waals surface area contributed by atoms with Crippen LogP contribution < -0.4 is 0 Å². The molecule has 0 radical (unpaired) electrons. The highest BCUT2D eigenvalue weighted by Crippen LogP contribution is 2.26. The van der Waals surface area contributed by atoms with Crippen molar-refractivity contribution in [3.63, 3.8) is 0 Å². The van der Waals surface area contributed by atoms with Crippen LogP contribution >= 0.6 is 0 Å². The number of carbonyl (C=O) groups is 1. The van der Waals surface area contributed by atoms with E-state index in [2.05, 4.69) is 17.1 Å². The van der Waals surface area contributed by atoms with Crippen molar-refractivity contribution in [1.82, 2.24) is 14.8 Å². The highest BCUT2D eigenvalue weighted by Gasteiger charge is 2.39. The second kappa shape index (κ2) is 7.29. The molecule has 6 heteroatoms. The molecule has 2 aromatic rings. The fourth-order valence-electron chi connectivity index (χ4n) is 3.88. The summed E-state index contributed by atoms with van der Waals surface area (Å²) < 4.78 is 19.4. The third-order valence-corrected chi connectivity index (χ3v) is 5.24. The van der Waals surface area contributed by atoms with E-state index in [-0.39, 0.29) is 18.4 Å². The number of hydrogen-bond donors (Lipinski definition) is 0. The van der Waals surface area contributed by atoms with E-state index in [0.29, 0.717) is 39.4 Å². The monoisotopic (exact) mass is 357 g/mol. The number of likely N-dealkylation sites (tertiary alicyclic amines) is 1. The highest BCUT2D eigenvalue weighted by molar-refractivity contribution is 5.82. The number of aryl methyl sites for hydroxylation is 1. The summed E-state index contributed by atoms with van der Waals surface area (Å²) in [7, 11) is 0. The van der Waals surface area contributed by atoms with Gasteiger partial charge in [-0.2, -0.15) is 0 Å². The molecule has 0 unspecified atom stereocenters. The fraction of sp³-hybridized carbons (Fsp3) is 0.500. The average molecular weight is 357 g/mol. The zero-order valence-corrected chi connectivity index (χ0v) is 15.0. The van der Waals surface area contributed by atoms with Crippen molar-refractivity contribution in [2.45, 2.75) is 32.1 Å². The van der Waals surface area contributed by atoms with Crippen molar-refractivity contribution in [3.05, 3.63) is 41.6 Å². The topological polar surface area (TPSA) is 45.7 Å². The summed E-state index contributed by atoms with van der Waals surface area (Å²) in [6.45, 7) is 5.18. The van der Waals surface area contributed by atoms with E-state index in [1.54, 1.807) is 0 Å². The summed E-state index contributed by atoms with van der Waals surface area (Å²) in [4.78, 5) is 21.2. The first-order chi connectivity index (χ1) is 12.6. The summed E-state index contributed by atoms with van der Waals surface area (Å²) in [6.07, 6.45) is -0.667. The van der Waals surface area contributed by atoms with E-state index < -0.39 is 6.17 Å². The molecule has 2 aliphatic rings. The standard InChI is InChI=1S/C20H24FN3O2/c1-14-2-4-16-10-15(3-5-18(16)22-14)12-24-13-17(21)11-19(24)20(25)23-6-8-26-9-7-23/h2-5,10,17,19H,6-9,11-13H2,1H3/t17-,19+/m1/s1. The van der Waals surface area contributed by atoms with Gasteiger partial charge in [0.15, 0.2) is 0 Å². The van der Waals surface area contributed by atoms with Crippen molar-refractivity contribution < 1.29 is 13.9 Å². The van der Waals surface area contributed by atoms with Crippen LogP contribution in [0.3, 0.4) is 0 Å². The Morgan fingerprint density at radius 1 is 1.27 bits per heavy atom. The summed E-state index contributed by atoms with van der Waals surface area (Å²) >= 11 is 0. The Morgan fingerprint density at radius 3 is 2.88 bits per heavy atom. The van der Waals surface area contributed by atoms with E-state index in [4.69, 9.17) is 4.74 Å². The van der Waals surface area contributed by atoms with E-state index in [9.17, 15) is 9.18 Å². The smallest absolute Gasteiger partial charge is 0.240 e. The van der Waals surface area contributed by atoms with Crippen molar-refractivity contribution >= 4 is 16.8 Å². The third-order valence-electron chi connectivity index (χ3n) is 5.24. The van der Waals surface area contributed by atoms with Gasteiger partial charge >= 0.3 is 0 Å². The highest BCUT2D eigenvalue weighted by atomic mass is 19.1. The molecule has 1 aromatic carbocycles. The largest absolute Gasteiger partial charge is 0.378 e. The van der Waals surface area contributed by atoms with Gasteiger partial charge in [-0.1, -0.05) is 12.1 Å². The van der Waals surface area contributed by atoms with Crippen molar-refractivity contribution in [1.29, 1.82) is 0 Å². The van der Waals surface area contributed by atoms with E-state index in [1.807, 2.05) is 34.9 Å². The quantitative estimate of drug-likeness (QED) is 0.846. The number of nitrogens with zero attached hydrogens (tertiary/aromatic N) is 3. The van der Waals surface area contributed by atoms with Crippen molar-refractivity contribution in [2.24, 2.45) is 0 Å². The number of fused-ring (bicyclic) bond motifs is 1. The molecule has 1 amide bonds. The lowest BCUT2D eigenvalue weighted by atomic mass is 10.1. The van der Waals surface area contributed by atoms with Crippen molar-refractivity contribution in [2.75, 3.05) is 32.8 Å². The fourth-order valence-corrected chi connectivity index (χ4v) is 3.88. The zero-order valence-electron chi connectivity index (χ0n) is 15.0. The first kappa shape index (κ1) is 17.4. The Labute approximate surface area is 152 Å². The van der Waals surface area contributed by atoms with Gasteiger partial charge in [-0.05, 0) is 30.7 Å². The van der Waals surface area contributed by atoms with Gasteiger partial charge < -0.3 is 9.64 Å². The molecule has 0 saturated carbocycles. The molecular formula is C20H24FN3O2. The maximum atomic E-state index is 14.1. The molecule has 138 valence electrons. The third kappa shape index (κ3) is 3.57. The van der Waals surface area contributed by atoms with Crippen LogP contribution in [0.4, 0.5) is 4.39 Å². The Balaban J connectivity index is 1.51. The van der Waals surface area contributed by atoms with E-state index >= 15 is 0 Å². The first-order valence-corrected chi connectivity index (χ1v) is 9.21. The predicted octanol–water partition coefficient (Wildman–Crippen LogP) is 2.31. The lowest BCUT2D eigenvalue weighted by Crippen LogP contribution is -2.49. The van der Waals surface area contributed by atoms with Crippen molar-refractivity contribution in [3.8, 4) is 0 Å². The molecule has 3 heterocycles. The van der Waals surface area contributed by atoms with Gasteiger partial charge in [0.05, 0.1) is 24.8 Å². The second-order valence-electron chi connectivity index (χ2n) is 7.20. The van der Waals surface area contributed by atoms with Crippen LogP contribution in [0, 0.1) is 6.92 Å². The van der Waals surface area contributed by atoms with Crippen LogP contribution in [0.5, 0.6) is 0 Å². The number of morpholine rings is 1. The SMILES string of the molecule is Cc1ccc2cc(CN3C[C@H](F)C[C@H]3C(=O)N3CCOCC3)ccc2n1. The lowest BCUT2D eigenvalue weighted by molar-refractivity contribution is -0.140. The van der Waals surface area contributed by atoms with Gasteiger partial charge in [-0.25, -0.2) is 4.39 Å². The Kier molecular flexibility index (Phi) is 4.87. The minimum absolute atomic E-state index is 0.0338. The van der Waals surface area contributed by atoms with Gasteiger partial charge in [-0.3, -0.25) is 14.7 Å². The molecule has 0 N–H and O–H groups in total. The van der Waals surface area contributed by atoms with Crippen LogP contribution in [-0.4, -0.2) is 65.8 Å². The molecule has 2 atom stereocenters. The van der Waals surface area contributed by atoms with Gasteiger partial charge in [-0.15, -0.1) is 0 Å². The van der Waals surface area contributed by atoms with Crippen LogP contribution in [0.1, 0.15) is 17.7 Å². The molecule has 0 spiro atoms. The minimum Gasteiger partial charge on any atom is -0.378 e. The summed E-state index contributed by atoms with van der Waals surface area (Å²) in [5, 5.41) is 1.07. The van der Waals surface area contributed by atoms with E-state index in [0.717, 1.165) is 22.2 Å². The molecule has 2 fully saturated rings. The normalized spacial score (nSPS) is 24.3. The summed E-state index contributed by atoms with van der Waals surface area (Å²) in [5.41, 5.74) is 3.03. The predicted molar refractivity (Wildman–Crippen MR) is 97.6 cm³/mol. The number of rotatable bonds is 3. The summed E-state index contributed by atoms with van der Waals surface area (Å²) in [5.74, 6) is 0.0338. The number of aromatic nitrogens is 1. The molecule has 2 saturated heterocycles. The molecule has 26 heavy (non-hydrogen) atoms. The maximum absolute atomic E-state index is 14.1. The molecule has 0 aliphatic carbocycles. The molecule has 4 rings (SSSR count). The van der Waals surface area contributed by atoms with Gasteiger partial charge in [0, 0.05) is 43.7 Å². The second-order valence-corrected chi connectivity index (χ2v) is 7.20. The zero-order chi connectivity index (χ0) is 18.1. The number of hydrogen-bond acceptors (Lipinski definition) is 4. The number of amides is 1. The Bertz CT molecular complexity index is 807. The molecular weight excluding hydrogens is 333 g/mol. The Morgan fingerprint density at radius 2 is 2.08 bits per heavy atom. The average Bonchev–Trinajstić information content (AvgIpc) is 3.02. The lowest BCUT2D eigenvalue weighted by Gasteiger charge is -2.32. The molecule has 1 aromatic heterocycles. The van der Waals surface area contributed by atoms with E-state index in [1.165, 1.54) is 0 Å². The maximum Gasteiger partial charge on any atom is 0.240 e. The van der Waals surface area contributed by atoms with Crippen LogP contribution in [0.15, 0.2) is 30.3 Å². The number of alkyl halides is 1. The number of ether oxygens (including phenoxy) is 1. The number of carbonyl (C=O) groups excluding carboxylic acids is 1. The van der Waals surface area contributed by atoms with Gasteiger partial charge in [0.2, 0.25) is 5.91 Å². The molecule has 2 aliphatic heterocycles. The van der Waals surface area contributed by atoms with Gasteiger partial charge in [0.25, 0.3) is 0 Å². The number of benzene rings is 1. The number of halogens is 1. The molecule has 5 nitrogen and oxygen atoms in total. The minimum atomic E-state index is -0.949. The van der Waals surface area contributed by atoms with Gasteiger partial charge in [0.1, 0.15) is 6.17 Å². The summed E-state index contributed by atoms with van der Waals surface area (Å²) in [6, 6.07) is 9.78. The van der Waals surface area contributed by atoms with Crippen LogP contribution in [0.25, 0.3) is 10.9 Å².